The summed E-state index contributed by atoms with van der Waals surface area (Å²) in [6.07, 6.45) is 14.6. The summed E-state index contributed by atoms with van der Waals surface area (Å²) in [5.74, 6) is 1.45. The van der Waals surface area contributed by atoms with Gasteiger partial charge in [-0.1, -0.05) is 44.2 Å². The van der Waals surface area contributed by atoms with Gasteiger partial charge in [0.15, 0.2) is 0 Å². The van der Waals surface area contributed by atoms with Crippen LogP contribution in [-0.4, -0.2) is 17.7 Å². The van der Waals surface area contributed by atoms with E-state index in [-0.39, 0.29) is 28.8 Å². The van der Waals surface area contributed by atoms with E-state index in [1.54, 1.807) is 0 Å². The maximum Gasteiger partial charge on any atom is 0.351 e. The van der Waals surface area contributed by atoms with Crippen LogP contribution in [0, 0.1) is 34.5 Å². The highest BCUT2D eigenvalue weighted by Crippen LogP contribution is 2.60. The van der Waals surface area contributed by atoms with Crippen LogP contribution in [0.4, 0.5) is 0 Å². The molecule has 1 spiro atoms. The normalized spacial score (nSPS) is 47.1. The van der Waals surface area contributed by atoms with Gasteiger partial charge in [-0.3, -0.25) is 0 Å². The molecule has 0 radical (unpaired) electrons. The number of esters is 1. The van der Waals surface area contributed by atoms with Crippen LogP contribution in [0.3, 0.4) is 0 Å². The zero-order valence-corrected chi connectivity index (χ0v) is 21.0. The van der Waals surface area contributed by atoms with Gasteiger partial charge in [0.2, 0.25) is 5.60 Å². The lowest BCUT2D eigenvalue weighted by Crippen LogP contribution is -2.51. The SMILES string of the molecule is C=CC1(C)CCC(C2=COC3(CC2)C(=O)OC2CC4(C)CCCC(=C)C4CC23)CC1C(=C)C. The van der Waals surface area contributed by atoms with Crippen LogP contribution in [0.5, 0.6) is 0 Å². The highest BCUT2D eigenvalue weighted by Gasteiger charge is 2.64. The fourth-order valence-corrected chi connectivity index (χ4v) is 8.29. The van der Waals surface area contributed by atoms with Gasteiger partial charge in [-0.25, -0.2) is 4.79 Å². The number of ether oxygens (including phenoxy) is 2. The number of carbonyl (C=O) groups excluding carboxylic acids is 1. The molecule has 0 bridgehead atoms. The van der Waals surface area contributed by atoms with Crippen LogP contribution in [0.25, 0.3) is 0 Å². The minimum atomic E-state index is -0.786. The summed E-state index contributed by atoms with van der Waals surface area (Å²) in [5, 5.41) is 0. The molecule has 3 heteroatoms. The van der Waals surface area contributed by atoms with Gasteiger partial charge in [0.25, 0.3) is 0 Å². The molecule has 180 valence electrons. The first-order chi connectivity index (χ1) is 15.6. The molecule has 4 fully saturated rings. The van der Waals surface area contributed by atoms with Crippen molar-refractivity contribution in [2.75, 3.05) is 0 Å². The molecule has 1 saturated heterocycles. The van der Waals surface area contributed by atoms with Crippen molar-refractivity contribution < 1.29 is 14.3 Å². The maximum atomic E-state index is 13.2. The van der Waals surface area contributed by atoms with Gasteiger partial charge in [-0.2, -0.15) is 0 Å². The Hall–Kier alpha value is -1.77. The van der Waals surface area contributed by atoms with Crippen molar-refractivity contribution in [2.24, 2.45) is 34.5 Å². The van der Waals surface area contributed by atoms with E-state index in [1.807, 2.05) is 6.26 Å². The second-order valence-corrected chi connectivity index (χ2v) is 12.5. The Morgan fingerprint density at radius 1 is 1.18 bits per heavy atom. The van der Waals surface area contributed by atoms with E-state index in [0.717, 1.165) is 51.4 Å². The summed E-state index contributed by atoms with van der Waals surface area (Å²) in [6, 6.07) is 0. The van der Waals surface area contributed by atoms with E-state index < -0.39 is 5.60 Å². The first-order valence-electron chi connectivity index (χ1n) is 13.2. The molecule has 0 N–H and O–H groups in total. The first kappa shape index (κ1) is 23.0. The lowest BCUT2D eigenvalue weighted by atomic mass is 9.54. The highest BCUT2D eigenvalue weighted by atomic mass is 16.6. The molecule has 3 saturated carbocycles. The first-order valence-corrected chi connectivity index (χ1v) is 13.2. The standard InChI is InChI=1S/C30H42O3/c1-7-28(5)13-10-21(15-23(28)19(2)3)22-11-14-30(32-18-22)25-16-24-20(4)9-8-12-29(24,6)17-26(25)33-27(30)31/h7,18,21,23-26H,1-2,4,8-17H2,3,5-6H3. The molecule has 8 unspecified atom stereocenters. The van der Waals surface area contributed by atoms with Crippen LogP contribution in [0.15, 0.2) is 48.8 Å². The Morgan fingerprint density at radius 2 is 1.97 bits per heavy atom. The third-order valence-electron chi connectivity index (χ3n) is 10.5. The summed E-state index contributed by atoms with van der Waals surface area (Å²) in [4.78, 5) is 13.2. The van der Waals surface area contributed by atoms with Crippen LogP contribution in [0.1, 0.15) is 85.0 Å². The Balaban J connectivity index is 1.35. The summed E-state index contributed by atoms with van der Waals surface area (Å²) >= 11 is 0. The second kappa shape index (κ2) is 7.89. The van der Waals surface area contributed by atoms with Gasteiger partial charge in [0, 0.05) is 12.3 Å². The Kier molecular flexibility index (Phi) is 5.49. The summed E-state index contributed by atoms with van der Waals surface area (Å²) in [6.45, 7) is 19.7. The molecule has 0 aromatic rings. The second-order valence-electron chi connectivity index (χ2n) is 12.5. The minimum absolute atomic E-state index is 0.00428. The number of hydrogen-bond acceptors (Lipinski definition) is 3. The van der Waals surface area contributed by atoms with Crippen LogP contribution < -0.4 is 0 Å². The topological polar surface area (TPSA) is 35.5 Å². The van der Waals surface area contributed by atoms with E-state index in [0.29, 0.717) is 17.8 Å². The van der Waals surface area contributed by atoms with Crippen molar-refractivity contribution in [3.05, 3.63) is 48.8 Å². The quantitative estimate of drug-likeness (QED) is 0.334. The van der Waals surface area contributed by atoms with Gasteiger partial charge in [-0.15, -0.1) is 6.58 Å². The summed E-state index contributed by atoms with van der Waals surface area (Å²) in [7, 11) is 0. The maximum absolute atomic E-state index is 13.2. The van der Waals surface area contributed by atoms with Gasteiger partial charge in [0.1, 0.15) is 6.10 Å². The molecular weight excluding hydrogens is 408 g/mol. The van der Waals surface area contributed by atoms with Crippen LogP contribution in [-0.2, 0) is 14.3 Å². The van der Waals surface area contributed by atoms with Crippen LogP contribution >= 0.6 is 0 Å². The van der Waals surface area contributed by atoms with Gasteiger partial charge in [0.05, 0.1) is 6.26 Å². The molecule has 33 heavy (non-hydrogen) atoms. The largest absolute Gasteiger partial charge is 0.483 e. The number of hydrogen-bond donors (Lipinski definition) is 0. The van der Waals surface area contributed by atoms with Crippen molar-refractivity contribution in [3.8, 4) is 0 Å². The zero-order chi connectivity index (χ0) is 23.6. The summed E-state index contributed by atoms with van der Waals surface area (Å²) in [5.41, 5.74) is 3.55. The number of allylic oxidation sites excluding steroid dienone is 4. The lowest BCUT2D eigenvalue weighted by Gasteiger charge is -2.51. The molecular formula is C30H42O3. The zero-order valence-electron chi connectivity index (χ0n) is 21.0. The highest BCUT2D eigenvalue weighted by molar-refractivity contribution is 5.83. The van der Waals surface area contributed by atoms with E-state index in [4.69, 9.17) is 9.47 Å². The van der Waals surface area contributed by atoms with Crippen molar-refractivity contribution in [3.63, 3.8) is 0 Å². The van der Waals surface area contributed by atoms with E-state index in [9.17, 15) is 4.79 Å². The monoisotopic (exact) mass is 450 g/mol. The predicted octanol–water partition coefficient (Wildman–Crippen LogP) is 7.30. The van der Waals surface area contributed by atoms with Gasteiger partial charge < -0.3 is 9.47 Å². The molecule has 2 heterocycles. The van der Waals surface area contributed by atoms with Gasteiger partial charge in [-0.05, 0) is 98.9 Å². The average Bonchev–Trinajstić information content (AvgIpc) is 3.03. The molecule has 5 rings (SSSR count). The fourth-order valence-electron chi connectivity index (χ4n) is 8.29. The third kappa shape index (κ3) is 3.48. The Bertz CT molecular complexity index is 914. The van der Waals surface area contributed by atoms with Gasteiger partial charge >= 0.3 is 5.97 Å². The molecule has 5 aliphatic rings. The molecule has 3 nitrogen and oxygen atoms in total. The average molecular weight is 451 g/mol. The van der Waals surface area contributed by atoms with Crippen molar-refractivity contribution >= 4 is 5.97 Å². The molecule has 8 atom stereocenters. The summed E-state index contributed by atoms with van der Waals surface area (Å²) < 4.78 is 12.5. The van der Waals surface area contributed by atoms with E-state index in [1.165, 1.54) is 29.6 Å². The lowest BCUT2D eigenvalue weighted by molar-refractivity contribution is -0.158. The fraction of sp³-hybridized carbons (Fsp3) is 0.700. The molecule has 2 aliphatic heterocycles. The van der Waals surface area contributed by atoms with Crippen molar-refractivity contribution in [1.29, 1.82) is 0 Å². The smallest absolute Gasteiger partial charge is 0.351 e. The minimum Gasteiger partial charge on any atom is -0.483 e. The van der Waals surface area contributed by atoms with Crippen molar-refractivity contribution in [1.82, 2.24) is 0 Å². The number of rotatable bonds is 3. The molecule has 0 aromatic carbocycles. The Morgan fingerprint density at radius 3 is 2.64 bits per heavy atom. The third-order valence-corrected chi connectivity index (χ3v) is 10.5. The van der Waals surface area contributed by atoms with E-state index >= 15 is 0 Å². The van der Waals surface area contributed by atoms with Crippen molar-refractivity contribution in [2.45, 2.75) is 96.7 Å². The van der Waals surface area contributed by atoms with Crippen LogP contribution in [0.2, 0.25) is 0 Å². The number of carbonyl (C=O) groups is 1. The van der Waals surface area contributed by atoms with E-state index in [2.05, 4.69) is 46.6 Å². The Labute approximate surface area is 200 Å². The number of fused-ring (bicyclic) bond motifs is 3. The molecule has 0 amide bonds. The molecule has 3 aliphatic carbocycles. The predicted molar refractivity (Wildman–Crippen MR) is 132 cm³/mol. The molecule has 0 aromatic heterocycles.